The van der Waals surface area contributed by atoms with E-state index in [-0.39, 0.29) is 23.5 Å². The van der Waals surface area contributed by atoms with Crippen molar-refractivity contribution in [1.29, 1.82) is 0 Å². The van der Waals surface area contributed by atoms with Gasteiger partial charge in [-0.15, -0.1) is 0 Å². The van der Waals surface area contributed by atoms with Gasteiger partial charge in [0.15, 0.2) is 5.69 Å². The minimum absolute atomic E-state index is 0.00752. The number of carboxylic acids is 1. The second-order valence-corrected chi connectivity index (χ2v) is 5.72. The van der Waals surface area contributed by atoms with Crippen LogP contribution in [0.5, 0.6) is 0 Å². The average molecular weight is 331 g/mol. The van der Waals surface area contributed by atoms with Crippen LogP contribution in [0.2, 0.25) is 0 Å². The number of aromatic nitrogens is 1. The molecule has 1 rings (SSSR count). The number of carboxylic acid groups (broad SMARTS) is 1. The van der Waals surface area contributed by atoms with Crippen molar-refractivity contribution in [3.05, 3.63) is 21.9 Å². The van der Waals surface area contributed by atoms with E-state index < -0.39 is 17.5 Å². The van der Waals surface area contributed by atoms with Crippen molar-refractivity contribution in [2.45, 2.75) is 32.8 Å². The van der Waals surface area contributed by atoms with Gasteiger partial charge in [0.2, 0.25) is 0 Å². The summed E-state index contributed by atoms with van der Waals surface area (Å²) >= 11 is 3.15. The molecule has 19 heavy (non-hydrogen) atoms. The third-order valence-electron chi connectivity index (χ3n) is 1.98. The van der Waals surface area contributed by atoms with E-state index in [9.17, 15) is 9.59 Å². The van der Waals surface area contributed by atoms with Gasteiger partial charge >= 0.3 is 11.9 Å². The monoisotopic (exact) mass is 330 g/mol. The largest absolute Gasteiger partial charge is 0.481 e. The fourth-order valence-electron chi connectivity index (χ4n) is 1.30. The van der Waals surface area contributed by atoms with Crippen molar-refractivity contribution in [2.75, 3.05) is 5.73 Å². The molecule has 0 radical (unpaired) electrons. The summed E-state index contributed by atoms with van der Waals surface area (Å²) in [7, 11) is 0. The van der Waals surface area contributed by atoms with Crippen LogP contribution in [-0.2, 0) is 16.0 Å². The number of halogens is 1. The Kier molecular flexibility index (Phi) is 4.52. The summed E-state index contributed by atoms with van der Waals surface area (Å²) in [5.41, 5.74) is 5.48. The molecule has 6 nitrogen and oxygen atoms in total. The van der Waals surface area contributed by atoms with Crippen LogP contribution in [0, 0.1) is 0 Å². The van der Waals surface area contributed by atoms with Gasteiger partial charge < -0.3 is 15.6 Å². The number of carbonyl (C=O) groups excluding carboxylic acids is 1. The molecule has 1 heterocycles. The Balaban J connectivity index is 3.13. The molecule has 0 saturated carbocycles. The lowest BCUT2D eigenvalue weighted by Crippen LogP contribution is -2.25. The van der Waals surface area contributed by atoms with E-state index in [0.29, 0.717) is 4.47 Å². The van der Waals surface area contributed by atoms with Gasteiger partial charge in [-0.05, 0) is 42.8 Å². The zero-order valence-corrected chi connectivity index (χ0v) is 12.4. The second-order valence-electron chi connectivity index (χ2n) is 4.93. The third kappa shape index (κ3) is 4.51. The molecule has 0 spiro atoms. The first-order valence-corrected chi connectivity index (χ1v) is 6.29. The normalized spacial score (nSPS) is 11.2. The number of hydrogen-bond acceptors (Lipinski definition) is 5. The number of rotatable bonds is 3. The van der Waals surface area contributed by atoms with Gasteiger partial charge in [0.05, 0.1) is 22.3 Å². The summed E-state index contributed by atoms with van der Waals surface area (Å²) in [6.45, 7) is 5.18. The van der Waals surface area contributed by atoms with Crippen molar-refractivity contribution in [3.63, 3.8) is 0 Å². The quantitative estimate of drug-likeness (QED) is 0.822. The Labute approximate surface area is 119 Å². The van der Waals surface area contributed by atoms with Crippen molar-refractivity contribution in [1.82, 2.24) is 4.98 Å². The molecular formula is C12H15BrN2O4. The van der Waals surface area contributed by atoms with E-state index in [1.54, 1.807) is 20.8 Å². The molecule has 0 aromatic carbocycles. The number of nitrogen functional groups attached to an aromatic ring is 1. The zero-order chi connectivity index (χ0) is 14.8. The maximum absolute atomic E-state index is 11.9. The maximum atomic E-state index is 11.9. The fourth-order valence-corrected chi connectivity index (χ4v) is 1.64. The summed E-state index contributed by atoms with van der Waals surface area (Å²) in [6, 6.07) is 1.35. The van der Waals surface area contributed by atoms with Crippen molar-refractivity contribution >= 4 is 33.6 Å². The SMILES string of the molecule is CC(C)(C)OC(=O)c1cc(N)c(Br)c(CC(=O)O)n1. The first-order chi connectivity index (χ1) is 8.60. The highest BCUT2D eigenvalue weighted by atomic mass is 79.9. The predicted molar refractivity (Wildman–Crippen MR) is 72.9 cm³/mol. The smallest absolute Gasteiger partial charge is 0.357 e. The Morgan fingerprint density at radius 1 is 1.47 bits per heavy atom. The zero-order valence-electron chi connectivity index (χ0n) is 10.9. The summed E-state index contributed by atoms with van der Waals surface area (Å²) in [5, 5.41) is 8.78. The molecular weight excluding hydrogens is 316 g/mol. The van der Waals surface area contributed by atoms with Gasteiger partial charge in [0.25, 0.3) is 0 Å². The van der Waals surface area contributed by atoms with E-state index in [4.69, 9.17) is 15.6 Å². The van der Waals surface area contributed by atoms with Gasteiger partial charge in [0, 0.05) is 0 Å². The predicted octanol–water partition coefficient (Wildman–Crippen LogP) is 2.01. The van der Waals surface area contributed by atoms with Crippen molar-refractivity contribution < 1.29 is 19.4 Å². The highest BCUT2D eigenvalue weighted by Crippen LogP contribution is 2.25. The Bertz CT molecular complexity index is 523. The molecule has 0 aliphatic carbocycles. The van der Waals surface area contributed by atoms with E-state index in [2.05, 4.69) is 20.9 Å². The lowest BCUT2D eigenvalue weighted by molar-refractivity contribution is -0.136. The standard InChI is InChI=1S/C12H15BrN2O4/c1-12(2,3)19-11(18)8-4-6(14)10(13)7(15-8)5-9(16)17/h4H,5H2,1-3H3,(H2,14,15)(H,16,17). The van der Waals surface area contributed by atoms with E-state index in [1.165, 1.54) is 6.07 Å². The first kappa shape index (κ1) is 15.4. The molecule has 0 atom stereocenters. The van der Waals surface area contributed by atoms with Crippen molar-refractivity contribution in [3.8, 4) is 0 Å². The van der Waals surface area contributed by atoms with Crippen LogP contribution in [0.1, 0.15) is 37.0 Å². The molecule has 1 aromatic heterocycles. The summed E-state index contributed by atoms with van der Waals surface area (Å²) < 4.78 is 5.54. The first-order valence-electron chi connectivity index (χ1n) is 5.50. The molecule has 0 fully saturated rings. The molecule has 0 bridgehead atoms. The highest BCUT2D eigenvalue weighted by molar-refractivity contribution is 9.10. The van der Waals surface area contributed by atoms with E-state index in [1.807, 2.05) is 0 Å². The van der Waals surface area contributed by atoms with Crippen LogP contribution in [0.15, 0.2) is 10.5 Å². The van der Waals surface area contributed by atoms with E-state index in [0.717, 1.165) is 0 Å². The van der Waals surface area contributed by atoms with Crippen LogP contribution < -0.4 is 5.73 Å². The topological polar surface area (TPSA) is 103 Å². The number of ether oxygens (including phenoxy) is 1. The summed E-state index contributed by atoms with van der Waals surface area (Å²) in [6.07, 6.45) is -0.332. The van der Waals surface area contributed by atoms with Gasteiger partial charge in [0.1, 0.15) is 5.60 Å². The van der Waals surface area contributed by atoms with Gasteiger partial charge in [-0.1, -0.05) is 0 Å². The molecule has 0 amide bonds. The second kappa shape index (κ2) is 5.56. The van der Waals surface area contributed by atoms with Crippen LogP contribution in [-0.4, -0.2) is 27.6 Å². The molecule has 0 aliphatic heterocycles. The Morgan fingerprint density at radius 3 is 2.53 bits per heavy atom. The lowest BCUT2D eigenvalue weighted by atomic mass is 10.2. The number of pyridine rings is 1. The van der Waals surface area contributed by atoms with Crippen molar-refractivity contribution in [2.24, 2.45) is 0 Å². The van der Waals surface area contributed by atoms with Gasteiger partial charge in [-0.3, -0.25) is 4.79 Å². The van der Waals surface area contributed by atoms with Gasteiger partial charge in [-0.2, -0.15) is 0 Å². The molecule has 7 heteroatoms. The number of anilines is 1. The van der Waals surface area contributed by atoms with Crippen LogP contribution in [0.25, 0.3) is 0 Å². The number of aliphatic carboxylic acids is 1. The van der Waals surface area contributed by atoms with Crippen LogP contribution in [0.3, 0.4) is 0 Å². The Hall–Kier alpha value is -1.63. The molecule has 1 aromatic rings. The maximum Gasteiger partial charge on any atom is 0.357 e. The minimum atomic E-state index is -1.06. The number of hydrogen-bond donors (Lipinski definition) is 2. The van der Waals surface area contributed by atoms with Crippen LogP contribution in [0.4, 0.5) is 5.69 Å². The fraction of sp³-hybridized carbons (Fsp3) is 0.417. The minimum Gasteiger partial charge on any atom is -0.481 e. The number of nitrogens with zero attached hydrogens (tertiary/aromatic N) is 1. The number of nitrogens with two attached hydrogens (primary N) is 1. The average Bonchev–Trinajstić information content (AvgIpc) is 2.21. The summed E-state index contributed by atoms with van der Waals surface area (Å²) in [5.74, 6) is -1.70. The molecule has 3 N–H and O–H groups in total. The Morgan fingerprint density at radius 2 is 2.05 bits per heavy atom. The highest BCUT2D eigenvalue weighted by Gasteiger charge is 2.21. The molecule has 0 unspecified atom stereocenters. The summed E-state index contributed by atoms with van der Waals surface area (Å²) in [4.78, 5) is 26.6. The molecule has 0 aliphatic rings. The number of esters is 1. The number of carbonyl (C=O) groups is 2. The van der Waals surface area contributed by atoms with Crippen LogP contribution >= 0.6 is 15.9 Å². The van der Waals surface area contributed by atoms with E-state index >= 15 is 0 Å². The van der Waals surface area contributed by atoms with Gasteiger partial charge in [-0.25, -0.2) is 9.78 Å². The third-order valence-corrected chi connectivity index (χ3v) is 2.90. The molecule has 104 valence electrons. The molecule has 0 saturated heterocycles. The lowest BCUT2D eigenvalue weighted by Gasteiger charge is -2.19.